The second kappa shape index (κ2) is 5.07. The molecule has 0 amide bonds. The summed E-state index contributed by atoms with van der Waals surface area (Å²) in [4.78, 5) is 17.6. The van der Waals surface area contributed by atoms with Crippen molar-refractivity contribution in [2.75, 3.05) is 13.7 Å². The second-order valence-corrected chi connectivity index (χ2v) is 3.84. The summed E-state index contributed by atoms with van der Waals surface area (Å²) in [5.41, 5.74) is 0. The summed E-state index contributed by atoms with van der Waals surface area (Å²) in [6.07, 6.45) is 4.34. The van der Waals surface area contributed by atoms with E-state index in [2.05, 4.69) is 10.1 Å². The van der Waals surface area contributed by atoms with Crippen molar-refractivity contribution >= 4 is 5.97 Å². The van der Waals surface area contributed by atoms with Crippen molar-refractivity contribution in [2.24, 2.45) is 0 Å². The number of carbonyl (C=O) groups excluding carboxylic acids is 1. The standard InChI is InChI=1S/C10H15N3O3/c1-15-10(14)8-4-2-3-5-13(8)6-9-11-7-12-16-9/h7-8H,2-6H2,1H3. The van der Waals surface area contributed by atoms with Crippen molar-refractivity contribution in [3.05, 3.63) is 12.2 Å². The van der Waals surface area contributed by atoms with Gasteiger partial charge in [0.2, 0.25) is 5.89 Å². The quantitative estimate of drug-likeness (QED) is 0.701. The second-order valence-electron chi connectivity index (χ2n) is 3.84. The van der Waals surface area contributed by atoms with Gasteiger partial charge >= 0.3 is 5.97 Å². The molecule has 1 unspecified atom stereocenters. The number of aromatic nitrogens is 2. The monoisotopic (exact) mass is 225 g/mol. The maximum absolute atomic E-state index is 11.6. The highest BCUT2D eigenvalue weighted by atomic mass is 16.5. The number of rotatable bonds is 3. The summed E-state index contributed by atoms with van der Waals surface area (Å²) in [5, 5.41) is 3.55. The molecule has 1 saturated heterocycles. The van der Waals surface area contributed by atoms with E-state index in [1.807, 2.05) is 4.90 Å². The molecule has 0 aliphatic carbocycles. The van der Waals surface area contributed by atoms with Crippen LogP contribution in [0.5, 0.6) is 0 Å². The molecular formula is C10H15N3O3. The van der Waals surface area contributed by atoms with Gasteiger partial charge in [0, 0.05) is 0 Å². The van der Waals surface area contributed by atoms with Crippen LogP contribution in [0.3, 0.4) is 0 Å². The number of carbonyl (C=O) groups is 1. The summed E-state index contributed by atoms with van der Waals surface area (Å²) in [6, 6.07) is -0.175. The van der Waals surface area contributed by atoms with Gasteiger partial charge in [-0.25, -0.2) is 0 Å². The molecule has 0 spiro atoms. The average molecular weight is 225 g/mol. The van der Waals surface area contributed by atoms with Crippen LogP contribution in [0.4, 0.5) is 0 Å². The molecule has 16 heavy (non-hydrogen) atoms. The summed E-state index contributed by atoms with van der Waals surface area (Å²) in [7, 11) is 1.42. The molecule has 0 bridgehead atoms. The molecule has 88 valence electrons. The fourth-order valence-electron chi connectivity index (χ4n) is 2.02. The molecule has 0 aromatic carbocycles. The van der Waals surface area contributed by atoms with E-state index in [1.54, 1.807) is 0 Å². The van der Waals surface area contributed by atoms with Gasteiger partial charge in [-0.2, -0.15) is 4.98 Å². The summed E-state index contributed by atoms with van der Waals surface area (Å²) in [6.45, 7) is 1.38. The third-order valence-electron chi connectivity index (χ3n) is 2.83. The smallest absolute Gasteiger partial charge is 0.323 e. The van der Waals surface area contributed by atoms with Crippen LogP contribution in [-0.4, -0.2) is 40.7 Å². The van der Waals surface area contributed by atoms with E-state index in [9.17, 15) is 4.79 Å². The van der Waals surface area contributed by atoms with Crippen molar-refractivity contribution in [3.63, 3.8) is 0 Å². The first-order valence-electron chi connectivity index (χ1n) is 5.38. The van der Waals surface area contributed by atoms with E-state index >= 15 is 0 Å². The first-order chi connectivity index (χ1) is 7.81. The Labute approximate surface area is 93.6 Å². The van der Waals surface area contributed by atoms with Crippen molar-refractivity contribution < 1.29 is 14.1 Å². The Kier molecular flexibility index (Phi) is 3.51. The molecular weight excluding hydrogens is 210 g/mol. The summed E-state index contributed by atoms with van der Waals surface area (Å²) < 4.78 is 9.73. The Morgan fingerprint density at radius 3 is 3.25 bits per heavy atom. The highest BCUT2D eigenvalue weighted by Gasteiger charge is 2.30. The molecule has 1 aromatic heterocycles. The molecule has 1 aromatic rings. The van der Waals surface area contributed by atoms with E-state index in [0.717, 1.165) is 25.8 Å². The lowest BCUT2D eigenvalue weighted by molar-refractivity contribution is -0.148. The molecule has 1 aliphatic heterocycles. The fourth-order valence-corrected chi connectivity index (χ4v) is 2.02. The predicted molar refractivity (Wildman–Crippen MR) is 54.4 cm³/mol. The average Bonchev–Trinajstić information content (AvgIpc) is 2.82. The number of methoxy groups -OCH3 is 1. The number of esters is 1. The van der Waals surface area contributed by atoms with Gasteiger partial charge in [-0.3, -0.25) is 9.69 Å². The lowest BCUT2D eigenvalue weighted by Crippen LogP contribution is -2.44. The number of nitrogens with zero attached hydrogens (tertiary/aromatic N) is 3. The molecule has 6 nitrogen and oxygen atoms in total. The van der Waals surface area contributed by atoms with Crippen LogP contribution in [0.2, 0.25) is 0 Å². The van der Waals surface area contributed by atoms with Crippen LogP contribution in [0.15, 0.2) is 10.9 Å². The largest absolute Gasteiger partial charge is 0.468 e. The molecule has 2 rings (SSSR count). The van der Waals surface area contributed by atoms with Gasteiger partial charge in [0.1, 0.15) is 6.04 Å². The first-order valence-corrected chi connectivity index (χ1v) is 5.38. The molecule has 1 fully saturated rings. The normalized spacial score (nSPS) is 21.9. The van der Waals surface area contributed by atoms with Crippen molar-refractivity contribution in [1.29, 1.82) is 0 Å². The molecule has 2 heterocycles. The van der Waals surface area contributed by atoms with Gasteiger partial charge in [-0.05, 0) is 19.4 Å². The lowest BCUT2D eigenvalue weighted by atomic mass is 10.0. The highest BCUT2D eigenvalue weighted by Crippen LogP contribution is 2.19. The minimum absolute atomic E-state index is 0.175. The zero-order valence-electron chi connectivity index (χ0n) is 9.26. The summed E-state index contributed by atoms with van der Waals surface area (Å²) in [5.74, 6) is 0.356. The Morgan fingerprint density at radius 2 is 2.56 bits per heavy atom. The fraction of sp³-hybridized carbons (Fsp3) is 0.700. The van der Waals surface area contributed by atoms with Crippen LogP contribution in [-0.2, 0) is 16.1 Å². The third kappa shape index (κ3) is 2.38. The van der Waals surface area contributed by atoms with Crippen LogP contribution in [0, 0.1) is 0 Å². The van der Waals surface area contributed by atoms with E-state index in [1.165, 1.54) is 13.4 Å². The van der Waals surface area contributed by atoms with Crippen molar-refractivity contribution in [2.45, 2.75) is 31.8 Å². The van der Waals surface area contributed by atoms with E-state index in [0.29, 0.717) is 12.4 Å². The highest BCUT2D eigenvalue weighted by molar-refractivity contribution is 5.75. The number of ether oxygens (including phenoxy) is 1. The topological polar surface area (TPSA) is 68.5 Å². The molecule has 0 N–H and O–H groups in total. The zero-order chi connectivity index (χ0) is 11.4. The maximum atomic E-state index is 11.6. The van der Waals surface area contributed by atoms with E-state index in [4.69, 9.17) is 9.26 Å². The van der Waals surface area contributed by atoms with Crippen LogP contribution < -0.4 is 0 Å². The van der Waals surface area contributed by atoms with Gasteiger partial charge < -0.3 is 9.26 Å². The van der Waals surface area contributed by atoms with Gasteiger partial charge in [-0.1, -0.05) is 11.6 Å². The Hall–Kier alpha value is -1.43. The maximum Gasteiger partial charge on any atom is 0.323 e. The van der Waals surface area contributed by atoms with Crippen LogP contribution in [0.25, 0.3) is 0 Å². The Balaban J connectivity index is 2.02. The van der Waals surface area contributed by atoms with Crippen molar-refractivity contribution in [1.82, 2.24) is 15.0 Å². The Bertz CT molecular complexity index is 339. The molecule has 1 aliphatic rings. The Morgan fingerprint density at radius 1 is 1.69 bits per heavy atom. The number of likely N-dealkylation sites (tertiary alicyclic amines) is 1. The SMILES string of the molecule is COC(=O)C1CCCCN1Cc1ncno1. The molecule has 0 radical (unpaired) electrons. The minimum Gasteiger partial charge on any atom is -0.468 e. The van der Waals surface area contributed by atoms with E-state index in [-0.39, 0.29) is 12.0 Å². The van der Waals surface area contributed by atoms with Crippen molar-refractivity contribution in [3.8, 4) is 0 Å². The molecule has 0 saturated carbocycles. The molecule has 1 atom stereocenters. The summed E-state index contributed by atoms with van der Waals surface area (Å²) >= 11 is 0. The van der Waals surface area contributed by atoms with Gasteiger partial charge in [0.15, 0.2) is 6.33 Å². The van der Waals surface area contributed by atoms with Crippen LogP contribution in [0.1, 0.15) is 25.2 Å². The third-order valence-corrected chi connectivity index (χ3v) is 2.83. The van der Waals surface area contributed by atoms with E-state index < -0.39 is 0 Å². The molecule has 6 heteroatoms. The minimum atomic E-state index is -0.181. The van der Waals surface area contributed by atoms with Gasteiger partial charge in [0.25, 0.3) is 0 Å². The number of hydrogen-bond donors (Lipinski definition) is 0. The van der Waals surface area contributed by atoms with Crippen LogP contribution >= 0.6 is 0 Å². The first kappa shape index (κ1) is 11.1. The number of piperidine rings is 1. The predicted octanol–water partition coefficient (Wildman–Crippen LogP) is 0.597. The van der Waals surface area contributed by atoms with Gasteiger partial charge in [0.05, 0.1) is 13.7 Å². The number of hydrogen-bond acceptors (Lipinski definition) is 6. The van der Waals surface area contributed by atoms with Gasteiger partial charge in [-0.15, -0.1) is 0 Å². The zero-order valence-corrected chi connectivity index (χ0v) is 9.26. The lowest BCUT2D eigenvalue weighted by Gasteiger charge is -2.32.